The molecule has 1 aliphatic carbocycles. The van der Waals surface area contributed by atoms with Crippen LogP contribution in [0.2, 0.25) is 0 Å². The maximum absolute atomic E-state index is 12.2. The van der Waals surface area contributed by atoms with Crippen molar-refractivity contribution < 1.29 is 9.21 Å². The van der Waals surface area contributed by atoms with E-state index in [2.05, 4.69) is 15.5 Å². The second-order valence-corrected chi connectivity index (χ2v) is 8.70. The zero-order valence-corrected chi connectivity index (χ0v) is 16.2. The van der Waals surface area contributed by atoms with Crippen molar-refractivity contribution in [2.45, 2.75) is 38.5 Å². The van der Waals surface area contributed by atoms with E-state index in [0.717, 1.165) is 53.4 Å². The van der Waals surface area contributed by atoms with Crippen molar-refractivity contribution in [2.75, 3.05) is 6.54 Å². The van der Waals surface area contributed by atoms with Crippen LogP contribution in [0.3, 0.4) is 0 Å². The van der Waals surface area contributed by atoms with Gasteiger partial charge in [-0.2, -0.15) is 0 Å². The molecule has 0 bridgehead atoms. The number of carbonyl (C=O) groups is 1. The number of carbonyl (C=O) groups excluding carboxylic acids is 1. The Hall–Kier alpha value is -1.99. The number of rotatable bonds is 5. The van der Waals surface area contributed by atoms with Gasteiger partial charge in [0.1, 0.15) is 0 Å². The first-order chi connectivity index (χ1) is 12.7. The molecule has 0 unspecified atom stereocenters. The summed E-state index contributed by atoms with van der Waals surface area (Å²) in [7, 11) is 0. The van der Waals surface area contributed by atoms with Gasteiger partial charge in [0.25, 0.3) is 11.8 Å². The van der Waals surface area contributed by atoms with E-state index in [1.807, 2.05) is 35.9 Å². The van der Waals surface area contributed by atoms with Gasteiger partial charge < -0.3 is 9.73 Å². The Balaban J connectivity index is 1.27. The topological polar surface area (TPSA) is 68.0 Å². The Morgan fingerprint density at radius 1 is 1.27 bits per heavy atom. The van der Waals surface area contributed by atoms with Gasteiger partial charge in [-0.05, 0) is 67.0 Å². The Labute approximate surface area is 160 Å². The van der Waals surface area contributed by atoms with Crippen molar-refractivity contribution in [3.8, 4) is 10.8 Å². The maximum atomic E-state index is 12.2. The number of hydrogen-bond donors (Lipinski definition) is 1. The van der Waals surface area contributed by atoms with Gasteiger partial charge in [0, 0.05) is 12.5 Å². The fourth-order valence-electron chi connectivity index (χ4n) is 3.39. The number of thiophene rings is 2. The minimum Gasteiger partial charge on any atom is -0.420 e. The summed E-state index contributed by atoms with van der Waals surface area (Å²) in [4.78, 5) is 14.0. The summed E-state index contributed by atoms with van der Waals surface area (Å²) in [6.45, 7) is 2.75. The van der Waals surface area contributed by atoms with Gasteiger partial charge in [0.2, 0.25) is 5.89 Å². The van der Waals surface area contributed by atoms with Crippen molar-refractivity contribution in [1.29, 1.82) is 0 Å². The summed E-state index contributed by atoms with van der Waals surface area (Å²) in [6.07, 6.45) is 4.21. The molecule has 3 heterocycles. The van der Waals surface area contributed by atoms with Gasteiger partial charge in [0.05, 0.1) is 9.75 Å². The molecule has 4 rings (SSSR count). The van der Waals surface area contributed by atoms with E-state index in [0.29, 0.717) is 17.7 Å². The molecule has 1 fully saturated rings. The molecular weight excluding hydrogens is 366 g/mol. The molecule has 1 N–H and O–H groups in total. The van der Waals surface area contributed by atoms with Crippen LogP contribution in [0.25, 0.3) is 10.8 Å². The predicted octanol–water partition coefficient (Wildman–Crippen LogP) is 4.87. The summed E-state index contributed by atoms with van der Waals surface area (Å²) >= 11 is 3.11. The molecule has 5 nitrogen and oxygen atoms in total. The summed E-state index contributed by atoms with van der Waals surface area (Å²) in [5, 5.41) is 15.5. The first-order valence-electron chi connectivity index (χ1n) is 8.89. The third kappa shape index (κ3) is 3.88. The molecule has 0 spiro atoms. The van der Waals surface area contributed by atoms with Crippen LogP contribution in [0.15, 0.2) is 33.4 Å². The number of nitrogens with one attached hydrogen (secondary N) is 1. The lowest BCUT2D eigenvalue weighted by Gasteiger charge is -2.26. The molecule has 3 aromatic heterocycles. The standard InChI is InChI=1S/C19H21N3O2S2/c1-12-9-16(26-11-12)17(23)20-10-13-4-6-14(7-5-13)18-21-22-19(24-18)15-3-2-8-25-15/h2-3,8-9,11,13-14H,4-7,10H2,1H3,(H,20,23). The van der Waals surface area contributed by atoms with E-state index < -0.39 is 0 Å². The highest BCUT2D eigenvalue weighted by Gasteiger charge is 2.27. The van der Waals surface area contributed by atoms with E-state index in [4.69, 9.17) is 4.42 Å². The van der Waals surface area contributed by atoms with E-state index in [1.165, 1.54) is 11.3 Å². The van der Waals surface area contributed by atoms with Crippen molar-refractivity contribution in [3.63, 3.8) is 0 Å². The van der Waals surface area contributed by atoms with Gasteiger partial charge in [0.15, 0.2) is 0 Å². The van der Waals surface area contributed by atoms with Crippen molar-refractivity contribution in [2.24, 2.45) is 5.92 Å². The lowest BCUT2D eigenvalue weighted by molar-refractivity contribution is 0.0946. The molecule has 7 heteroatoms. The highest BCUT2D eigenvalue weighted by Crippen LogP contribution is 2.36. The fraction of sp³-hybridized carbons (Fsp3) is 0.421. The normalized spacial score (nSPS) is 20.2. The number of aromatic nitrogens is 2. The quantitative estimate of drug-likeness (QED) is 0.678. The molecule has 136 valence electrons. The molecule has 1 aliphatic rings. The van der Waals surface area contributed by atoms with Crippen LogP contribution in [-0.2, 0) is 0 Å². The van der Waals surface area contributed by atoms with Gasteiger partial charge in [-0.3, -0.25) is 4.79 Å². The SMILES string of the molecule is Cc1csc(C(=O)NCC2CCC(c3nnc(-c4cccs4)o3)CC2)c1. The van der Waals surface area contributed by atoms with E-state index >= 15 is 0 Å². The minimum atomic E-state index is 0.0442. The molecule has 0 aliphatic heterocycles. The van der Waals surface area contributed by atoms with Crippen LogP contribution >= 0.6 is 22.7 Å². The number of nitrogens with zero attached hydrogens (tertiary/aromatic N) is 2. The molecule has 0 radical (unpaired) electrons. The monoisotopic (exact) mass is 387 g/mol. The number of aryl methyl sites for hydroxylation is 1. The first kappa shape index (κ1) is 17.4. The summed E-state index contributed by atoms with van der Waals surface area (Å²) in [5.41, 5.74) is 1.14. The highest BCUT2D eigenvalue weighted by atomic mass is 32.1. The van der Waals surface area contributed by atoms with Crippen molar-refractivity contribution >= 4 is 28.6 Å². The molecule has 0 aromatic carbocycles. The van der Waals surface area contributed by atoms with E-state index in [1.54, 1.807) is 11.3 Å². The molecule has 26 heavy (non-hydrogen) atoms. The van der Waals surface area contributed by atoms with Crippen LogP contribution in [0, 0.1) is 12.8 Å². The maximum Gasteiger partial charge on any atom is 0.261 e. The highest BCUT2D eigenvalue weighted by molar-refractivity contribution is 7.13. The van der Waals surface area contributed by atoms with Crippen LogP contribution in [0.1, 0.15) is 52.7 Å². The summed E-state index contributed by atoms with van der Waals surface area (Å²) < 4.78 is 5.88. The molecule has 0 atom stereocenters. The zero-order chi connectivity index (χ0) is 17.9. The summed E-state index contributed by atoms with van der Waals surface area (Å²) in [5.74, 6) is 2.28. The average Bonchev–Trinajstić information content (AvgIpc) is 3.40. The Morgan fingerprint density at radius 2 is 2.12 bits per heavy atom. The molecule has 1 saturated carbocycles. The Morgan fingerprint density at radius 3 is 2.81 bits per heavy atom. The number of hydrogen-bond acceptors (Lipinski definition) is 6. The molecular formula is C19H21N3O2S2. The smallest absolute Gasteiger partial charge is 0.261 e. The molecule has 0 saturated heterocycles. The summed E-state index contributed by atoms with van der Waals surface area (Å²) in [6, 6.07) is 5.93. The molecule has 3 aromatic rings. The largest absolute Gasteiger partial charge is 0.420 e. The third-order valence-corrected chi connectivity index (χ3v) is 6.78. The fourth-order valence-corrected chi connectivity index (χ4v) is 4.85. The van der Waals surface area contributed by atoms with Crippen molar-refractivity contribution in [3.05, 3.63) is 45.3 Å². The molecule has 1 amide bonds. The Kier molecular flexibility index (Phi) is 5.17. The van der Waals surface area contributed by atoms with Crippen LogP contribution in [-0.4, -0.2) is 22.6 Å². The number of amides is 1. The lowest BCUT2D eigenvalue weighted by atomic mass is 9.82. The second-order valence-electron chi connectivity index (χ2n) is 6.84. The van der Waals surface area contributed by atoms with Gasteiger partial charge in [-0.1, -0.05) is 6.07 Å². The van der Waals surface area contributed by atoms with Gasteiger partial charge >= 0.3 is 0 Å². The minimum absolute atomic E-state index is 0.0442. The van der Waals surface area contributed by atoms with E-state index in [9.17, 15) is 4.79 Å². The van der Waals surface area contributed by atoms with Gasteiger partial charge in [-0.15, -0.1) is 32.9 Å². The lowest BCUT2D eigenvalue weighted by Crippen LogP contribution is -2.30. The predicted molar refractivity (Wildman–Crippen MR) is 104 cm³/mol. The Bertz CT molecular complexity index is 861. The third-order valence-electron chi connectivity index (χ3n) is 4.87. The average molecular weight is 388 g/mol. The van der Waals surface area contributed by atoms with Crippen molar-refractivity contribution in [1.82, 2.24) is 15.5 Å². The van der Waals surface area contributed by atoms with Crippen LogP contribution in [0.4, 0.5) is 0 Å². The van der Waals surface area contributed by atoms with Gasteiger partial charge in [-0.25, -0.2) is 0 Å². The first-order valence-corrected chi connectivity index (χ1v) is 10.7. The van der Waals surface area contributed by atoms with E-state index in [-0.39, 0.29) is 5.91 Å². The van der Waals surface area contributed by atoms with Crippen LogP contribution < -0.4 is 5.32 Å². The zero-order valence-electron chi connectivity index (χ0n) is 14.6. The second kappa shape index (κ2) is 7.72. The van der Waals surface area contributed by atoms with Crippen LogP contribution in [0.5, 0.6) is 0 Å².